The van der Waals surface area contributed by atoms with Gasteiger partial charge in [-0.25, -0.2) is 0 Å². The van der Waals surface area contributed by atoms with Crippen molar-refractivity contribution in [1.82, 2.24) is 4.90 Å². The van der Waals surface area contributed by atoms with E-state index in [1.54, 1.807) is 6.07 Å². The van der Waals surface area contributed by atoms with Crippen molar-refractivity contribution < 1.29 is 19.0 Å². The second-order valence-electron chi connectivity index (χ2n) is 5.92. The molecule has 1 aromatic rings. The van der Waals surface area contributed by atoms with E-state index >= 15 is 0 Å². The largest absolute Gasteiger partial charge is 0.454 e. The number of anilines is 1. The number of carbonyl (C=O) groups is 1. The van der Waals surface area contributed by atoms with Crippen molar-refractivity contribution in [3.8, 4) is 11.5 Å². The molecule has 2 fully saturated rings. The lowest BCUT2D eigenvalue weighted by Gasteiger charge is -2.29. The molecule has 0 aliphatic carbocycles. The van der Waals surface area contributed by atoms with E-state index in [1.165, 1.54) is 0 Å². The molecule has 1 N–H and O–H groups in total. The fourth-order valence-electron chi connectivity index (χ4n) is 3.33. The Labute approximate surface area is 123 Å². The van der Waals surface area contributed by atoms with Gasteiger partial charge in [0.1, 0.15) is 0 Å². The summed E-state index contributed by atoms with van der Waals surface area (Å²) in [4.78, 5) is 14.7. The fraction of sp³-hybridized carbons (Fsp3) is 0.533. The van der Waals surface area contributed by atoms with Crippen molar-refractivity contribution in [1.29, 1.82) is 0 Å². The summed E-state index contributed by atoms with van der Waals surface area (Å²) in [5.41, 5.74) is 0.735. The van der Waals surface area contributed by atoms with Crippen LogP contribution in [0.3, 0.4) is 0 Å². The Hall–Kier alpha value is -1.79. The van der Waals surface area contributed by atoms with Crippen LogP contribution >= 0.6 is 0 Å². The first-order valence-corrected chi connectivity index (χ1v) is 7.23. The summed E-state index contributed by atoms with van der Waals surface area (Å²) >= 11 is 0. The second-order valence-corrected chi connectivity index (χ2v) is 5.92. The highest BCUT2D eigenvalue weighted by Crippen LogP contribution is 2.36. The van der Waals surface area contributed by atoms with Gasteiger partial charge < -0.3 is 24.4 Å². The molecule has 112 valence electrons. The van der Waals surface area contributed by atoms with Gasteiger partial charge in [0.25, 0.3) is 0 Å². The minimum absolute atomic E-state index is 0.00256. The van der Waals surface area contributed by atoms with Gasteiger partial charge in [-0.05, 0) is 25.6 Å². The van der Waals surface area contributed by atoms with Gasteiger partial charge in [0.2, 0.25) is 12.7 Å². The molecule has 0 radical (unpaired) electrons. The molecule has 3 aliphatic rings. The zero-order chi connectivity index (χ0) is 14.4. The van der Waals surface area contributed by atoms with Gasteiger partial charge >= 0.3 is 0 Å². The number of nitrogens with one attached hydrogen (secondary N) is 1. The topological polar surface area (TPSA) is 60.0 Å². The van der Waals surface area contributed by atoms with Crippen LogP contribution in [0, 0.1) is 5.92 Å². The SMILES string of the molecule is CN1C[C@H]2C[C@H](C(=O)Nc3ccc4c(c3)OCO4)[C@@H](C1)O2. The minimum Gasteiger partial charge on any atom is -0.454 e. The number of rotatable bonds is 2. The van der Waals surface area contributed by atoms with Crippen molar-refractivity contribution in [2.75, 3.05) is 32.2 Å². The van der Waals surface area contributed by atoms with Gasteiger partial charge in [0, 0.05) is 24.8 Å². The van der Waals surface area contributed by atoms with Crippen LogP contribution in [0.1, 0.15) is 6.42 Å². The van der Waals surface area contributed by atoms with Gasteiger partial charge in [-0.2, -0.15) is 0 Å². The molecule has 2 saturated heterocycles. The van der Waals surface area contributed by atoms with E-state index in [1.807, 2.05) is 12.1 Å². The highest BCUT2D eigenvalue weighted by atomic mass is 16.7. The fourth-order valence-corrected chi connectivity index (χ4v) is 3.33. The van der Waals surface area contributed by atoms with Crippen molar-refractivity contribution in [3.05, 3.63) is 18.2 Å². The number of carbonyl (C=O) groups excluding carboxylic acids is 1. The summed E-state index contributed by atoms with van der Waals surface area (Å²) in [6.07, 6.45) is 0.981. The predicted molar refractivity (Wildman–Crippen MR) is 75.5 cm³/mol. The van der Waals surface area contributed by atoms with Gasteiger partial charge in [-0.15, -0.1) is 0 Å². The number of hydrogen-bond donors (Lipinski definition) is 1. The smallest absolute Gasteiger partial charge is 0.231 e. The van der Waals surface area contributed by atoms with Crippen LogP contribution in [0.15, 0.2) is 18.2 Å². The number of morpholine rings is 1. The first kappa shape index (κ1) is 12.9. The molecule has 21 heavy (non-hydrogen) atoms. The third kappa shape index (κ3) is 2.34. The lowest BCUT2D eigenvalue weighted by molar-refractivity contribution is -0.122. The Morgan fingerprint density at radius 1 is 1.29 bits per heavy atom. The van der Waals surface area contributed by atoms with Crippen molar-refractivity contribution >= 4 is 11.6 Å². The molecule has 0 aromatic heterocycles. The first-order chi connectivity index (χ1) is 10.2. The molecule has 1 amide bonds. The van der Waals surface area contributed by atoms with E-state index in [0.29, 0.717) is 5.75 Å². The van der Waals surface area contributed by atoms with Crippen molar-refractivity contribution in [2.24, 2.45) is 5.92 Å². The van der Waals surface area contributed by atoms with Crippen LogP contribution in [0.5, 0.6) is 11.5 Å². The predicted octanol–water partition coefficient (Wildman–Crippen LogP) is 1.07. The number of nitrogens with zero attached hydrogens (tertiary/aromatic N) is 1. The Kier molecular flexibility index (Phi) is 3.01. The lowest BCUT2D eigenvalue weighted by atomic mass is 9.99. The molecule has 0 spiro atoms. The average Bonchev–Trinajstić information content (AvgIpc) is 3.02. The molecule has 6 nitrogen and oxygen atoms in total. The molecule has 0 unspecified atom stereocenters. The highest BCUT2D eigenvalue weighted by Gasteiger charge is 2.43. The van der Waals surface area contributed by atoms with Crippen molar-refractivity contribution in [3.63, 3.8) is 0 Å². The summed E-state index contributed by atoms with van der Waals surface area (Å²) in [5.74, 6) is 1.34. The van der Waals surface area contributed by atoms with E-state index in [4.69, 9.17) is 14.2 Å². The van der Waals surface area contributed by atoms with E-state index in [0.717, 1.165) is 30.9 Å². The molecule has 1 aromatic carbocycles. The number of likely N-dealkylation sites (N-methyl/N-ethyl adjacent to an activating group) is 1. The lowest BCUT2D eigenvalue weighted by Crippen LogP contribution is -2.42. The zero-order valence-electron chi connectivity index (χ0n) is 11.9. The van der Waals surface area contributed by atoms with Crippen LogP contribution in [0.2, 0.25) is 0 Å². The summed E-state index contributed by atoms with van der Waals surface area (Å²) in [6.45, 7) is 1.96. The van der Waals surface area contributed by atoms with Gasteiger partial charge in [-0.1, -0.05) is 0 Å². The first-order valence-electron chi connectivity index (χ1n) is 7.23. The molecule has 0 saturated carbocycles. The number of hydrogen-bond acceptors (Lipinski definition) is 5. The molecule has 4 rings (SSSR count). The molecule has 2 bridgehead atoms. The molecular weight excluding hydrogens is 272 g/mol. The number of likely N-dealkylation sites (tertiary alicyclic amines) is 1. The minimum atomic E-state index is -0.0784. The van der Waals surface area contributed by atoms with Crippen LogP contribution < -0.4 is 14.8 Å². The maximum absolute atomic E-state index is 12.5. The normalized spacial score (nSPS) is 30.4. The molecule has 6 heteroatoms. The third-order valence-corrected chi connectivity index (χ3v) is 4.32. The van der Waals surface area contributed by atoms with Gasteiger partial charge in [0.05, 0.1) is 18.1 Å². The maximum Gasteiger partial charge on any atom is 0.231 e. The van der Waals surface area contributed by atoms with Crippen LogP contribution in [-0.2, 0) is 9.53 Å². The number of amides is 1. The summed E-state index contributed by atoms with van der Waals surface area (Å²) in [5, 5.41) is 2.97. The Morgan fingerprint density at radius 3 is 3.05 bits per heavy atom. The highest BCUT2D eigenvalue weighted by molar-refractivity contribution is 5.93. The monoisotopic (exact) mass is 290 g/mol. The van der Waals surface area contributed by atoms with Crippen LogP contribution in [0.25, 0.3) is 0 Å². The molecular formula is C15H18N2O4. The maximum atomic E-state index is 12.5. The van der Waals surface area contributed by atoms with E-state index in [2.05, 4.69) is 17.3 Å². The second kappa shape index (κ2) is 4.89. The van der Waals surface area contributed by atoms with E-state index in [-0.39, 0.29) is 30.8 Å². The van der Waals surface area contributed by atoms with Crippen LogP contribution in [-0.4, -0.2) is 49.9 Å². The van der Waals surface area contributed by atoms with Crippen LogP contribution in [0.4, 0.5) is 5.69 Å². The standard InChI is InChI=1S/C15H18N2O4/c1-17-6-10-5-11(14(7-17)21-10)15(18)16-9-2-3-12-13(4-9)20-8-19-12/h2-4,10-11,14H,5-8H2,1H3,(H,16,18)/t10-,11+,14-/m1/s1. The van der Waals surface area contributed by atoms with Crippen molar-refractivity contribution in [2.45, 2.75) is 18.6 Å². The molecule has 3 aliphatic heterocycles. The van der Waals surface area contributed by atoms with E-state index < -0.39 is 0 Å². The third-order valence-electron chi connectivity index (χ3n) is 4.32. The van der Waals surface area contributed by atoms with E-state index in [9.17, 15) is 4.79 Å². The zero-order valence-corrected chi connectivity index (χ0v) is 11.9. The van der Waals surface area contributed by atoms with Gasteiger partial charge in [-0.3, -0.25) is 4.79 Å². The van der Waals surface area contributed by atoms with Gasteiger partial charge in [0.15, 0.2) is 11.5 Å². The summed E-state index contributed by atoms with van der Waals surface area (Å²) in [6, 6.07) is 5.45. The Morgan fingerprint density at radius 2 is 2.14 bits per heavy atom. The number of fused-ring (bicyclic) bond motifs is 3. The summed E-state index contributed by atoms with van der Waals surface area (Å²) in [7, 11) is 2.07. The number of benzene rings is 1. The number of ether oxygens (including phenoxy) is 3. The molecule has 3 atom stereocenters. The molecule has 3 heterocycles. The Bertz CT molecular complexity index is 577. The Balaban J connectivity index is 1.46. The summed E-state index contributed by atoms with van der Waals surface area (Å²) < 4.78 is 16.5. The average molecular weight is 290 g/mol. The quantitative estimate of drug-likeness (QED) is 0.883.